The number of amides is 2. The van der Waals surface area contributed by atoms with E-state index in [0.29, 0.717) is 17.9 Å². The van der Waals surface area contributed by atoms with Gasteiger partial charge in [0.1, 0.15) is 17.2 Å². The van der Waals surface area contributed by atoms with E-state index >= 15 is 0 Å². The second-order valence-corrected chi connectivity index (χ2v) is 6.88. The largest absolute Gasteiger partial charge is 0.472 e. The summed E-state index contributed by atoms with van der Waals surface area (Å²) in [7, 11) is 0. The van der Waals surface area contributed by atoms with E-state index in [2.05, 4.69) is 5.32 Å². The van der Waals surface area contributed by atoms with Gasteiger partial charge in [-0.25, -0.2) is 4.39 Å². The fourth-order valence-electron chi connectivity index (χ4n) is 2.74. The van der Waals surface area contributed by atoms with Crippen molar-refractivity contribution in [1.82, 2.24) is 10.2 Å². The zero-order valence-electron chi connectivity index (χ0n) is 13.8. The van der Waals surface area contributed by atoms with E-state index in [4.69, 9.17) is 4.42 Å². The van der Waals surface area contributed by atoms with E-state index < -0.39 is 11.9 Å². The number of carbonyl (C=O) groups is 2. The number of furan rings is 1. The highest BCUT2D eigenvalue weighted by Crippen LogP contribution is 2.42. The standard InChI is InChI=1S/C18H19FN2O3S/c1-2-8-20-16(22)15-11-25-18(13-7-9-24-10-13)21(15)17(23)12-3-5-14(19)6-4-12/h3-7,9-10,15,18H,2,8,11H2,1H3,(H,20,22). The van der Waals surface area contributed by atoms with Crippen LogP contribution in [0.4, 0.5) is 4.39 Å². The van der Waals surface area contributed by atoms with Gasteiger partial charge in [0.05, 0.1) is 12.5 Å². The van der Waals surface area contributed by atoms with Gasteiger partial charge in [0, 0.05) is 23.4 Å². The zero-order valence-corrected chi connectivity index (χ0v) is 14.6. The number of thioether (sulfide) groups is 1. The van der Waals surface area contributed by atoms with Crippen molar-refractivity contribution in [2.24, 2.45) is 0 Å². The molecule has 0 saturated carbocycles. The van der Waals surface area contributed by atoms with Crippen LogP contribution in [0.25, 0.3) is 0 Å². The van der Waals surface area contributed by atoms with Gasteiger partial charge >= 0.3 is 0 Å². The average molecular weight is 362 g/mol. The monoisotopic (exact) mass is 362 g/mol. The molecule has 7 heteroatoms. The Hall–Kier alpha value is -2.28. The summed E-state index contributed by atoms with van der Waals surface area (Å²) in [4.78, 5) is 27.1. The van der Waals surface area contributed by atoms with Crippen LogP contribution in [0.1, 0.15) is 34.6 Å². The van der Waals surface area contributed by atoms with Gasteiger partial charge in [-0.1, -0.05) is 6.92 Å². The third-order valence-electron chi connectivity index (χ3n) is 4.01. The maximum absolute atomic E-state index is 13.2. The summed E-state index contributed by atoms with van der Waals surface area (Å²) >= 11 is 1.51. The molecule has 2 unspecified atom stereocenters. The van der Waals surface area contributed by atoms with Crippen LogP contribution in [0.2, 0.25) is 0 Å². The molecule has 1 aromatic heterocycles. The van der Waals surface area contributed by atoms with Crippen molar-refractivity contribution < 1.29 is 18.4 Å². The molecule has 1 aliphatic heterocycles. The number of halogens is 1. The van der Waals surface area contributed by atoms with Crippen molar-refractivity contribution in [3.8, 4) is 0 Å². The van der Waals surface area contributed by atoms with Gasteiger partial charge in [0.25, 0.3) is 5.91 Å². The number of rotatable bonds is 5. The molecule has 1 aliphatic rings. The van der Waals surface area contributed by atoms with Crippen LogP contribution in [0.15, 0.2) is 47.3 Å². The van der Waals surface area contributed by atoms with Crippen LogP contribution in [0.5, 0.6) is 0 Å². The van der Waals surface area contributed by atoms with E-state index in [0.717, 1.165) is 12.0 Å². The van der Waals surface area contributed by atoms with Gasteiger partial charge in [-0.3, -0.25) is 9.59 Å². The second-order valence-electron chi connectivity index (χ2n) is 5.77. The fraction of sp³-hybridized carbons (Fsp3) is 0.333. The van der Waals surface area contributed by atoms with Crippen LogP contribution in [-0.4, -0.2) is 35.1 Å². The maximum Gasteiger partial charge on any atom is 0.255 e. The first kappa shape index (κ1) is 17.5. The molecule has 132 valence electrons. The molecule has 0 aliphatic carbocycles. The molecule has 0 radical (unpaired) electrons. The van der Waals surface area contributed by atoms with Crippen LogP contribution in [-0.2, 0) is 4.79 Å². The SMILES string of the molecule is CCCNC(=O)C1CSC(c2ccoc2)N1C(=O)c1ccc(F)cc1. The Morgan fingerprint density at radius 2 is 2.08 bits per heavy atom. The average Bonchev–Trinajstić information content (AvgIpc) is 3.28. The van der Waals surface area contributed by atoms with Crippen LogP contribution in [0, 0.1) is 5.82 Å². The van der Waals surface area contributed by atoms with Crippen LogP contribution < -0.4 is 5.32 Å². The summed E-state index contributed by atoms with van der Waals surface area (Å²) in [5.41, 5.74) is 1.18. The molecule has 5 nitrogen and oxygen atoms in total. The molecule has 2 heterocycles. The summed E-state index contributed by atoms with van der Waals surface area (Å²) in [6, 6.07) is 6.58. The molecule has 1 saturated heterocycles. The molecule has 0 spiro atoms. The normalized spacial score (nSPS) is 19.8. The summed E-state index contributed by atoms with van der Waals surface area (Å²) < 4.78 is 18.3. The highest BCUT2D eigenvalue weighted by molar-refractivity contribution is 7.99. The molecule has 2 amide bonds. The Kier molecular flexibility index (Phi) is 5.43. The molecule has 1 aromatic carbocycles. The number of benzene rings is 1. The third kappa shape index (κ3) is 3.71. The van der Waals surface area contributed by atoms with Crippen LogP contribution >= 0.6 is 11.8 Å². The summed E-state index contributed by atoms with van der Waals surface area (Å²) in [5, 5.41) is 2.54. The van der Waals surface area contributed by atoms with E-state index in [1.807, 2.05) is 6.92 Å². The Bertz CT molecular complexity index is 733. The molecular weight excluding hydrogens is 343 g/mol. The van der Waals surface area contributed by atoms with E-state index in [-0.39, 0.29) is 17.2 Å². The highest BCUT2D eigenvalue weighted by atomic mass is 32.2. The molecular formula is C18H19FN2O3S. The van der Waals surface area contributed by atoms with Gasteiger partial charge in [-0.15, -0.1) is 11.8 Å². The lowest BCUT2D eigenvalue weighted by molar-refractivity contribution is -0.124. The Morgan fingerprint density at radius 1 is 1.32 bits per heavy atom. The molecule has 1 N–H and O–H groups in total. The van der Waals surface area contributed by atoms with Gasteiger partial charge < -0.3 is 14.6 Å². The molecule has 0 bridgehead atoms. The van der Waals surface area contributed by atoms with Crippen molar-refractivity contribution in [2.45, 2.75) is 24.8 Å². The predicted octanol–water partition coefficient (Wildman–Crippen LogP) is 3.20. The topological polar surface area (TPSA) is 62.6 Å². The Labute approximate surface area is 149 Å². The van der Waals surface area contributed by atoms with Gasteiger partial charge in [0.2, 0.25) is 5.91 Å². The first-order chi connectivity index (χ1) is 12.1. The number of hydrogen-bond acceptors (Lipinski definition) is 4. The lowest BCUT2D eigenvalue weighted by atomic mass is 10.1. The first-order valence-corrected chi connectivity index (χ1v) is 9.16. The summed E-state index contributed by atoms with van der Waals surface area (Å²) in [6.07, 6.45) is 3.94. The van der Waals surface area contributed by atoms with E-state index in [1.54, 1.807) is 23.5 Å². The molecule has 1 fully saturated rings. The van der Waals surface area contributed by atoms with Crippen molar-refractivity contribution in [3.05, 3.63) is 59.8 Å². The third-order valence-corrected chi connectivity index (χ3v) is 5.33. The molecule has 2 aromatic rings. The van der Waals surface area contributed by atoms with Crippen molar-refractivity contribution in [1.29, 1.82) is 0 Å². The van der Waals surface area contributed by atoms with Crippen molar-refractivity contribution in [2.75, 3.05) is 12.3 Å². The molecule has 25 heavy (non-hydrogen) atoms. The highest BCUT2D eigenvalue weighted by Gasteiger charge is 2.42. The number of hydrogen-bond donors (Lipinski definition) is 1. The fourth-order valence-corrected chi connectivity index (χ4v) is 4.14. The Morgan fingerprint density at radius 3 is 2.72 bits per heavy atom. The first-order valence-electron chi connectivity index (χ1n) is 8.11. The lowest BCUT2D eigenvalue weighted by Gasteiger charge is -2.28. The van der Waals surface area contributed by atoms with Crippen LogP contribution in [0.3, 0.4) is 0 Å². The lowest BCUT2D eigenvalue weighted by Crippen LogP contribution is -2.48. The summed E-state index contributed by atoms with van der Waals surface area (Å²) in [5.74, 6) is -0.377. The van der Waals surface area contributed by atoms with Gasteiger partial charge in [-0.05, 0) is 36.8 Å². The maximum atomic E-state index is 13.2. The van der Waals surface area contributed by atoms with Gasteiger partial charge in [-0.2, -0.15) is 0 Å². The minimum Gasteiger partial charge on any atom is -0.472 e. The quantitative estimate of drug-likeness (QED) is 0.887. The Balaban J connectivity index is 1.90. The number of carbonyl (C=O) groups excluding carboxylic acids is 2. The molecule has 2 atom stereocenters. The van der Waals surface area contributed by atoms with Crippen molar-refractivity contribution >= 4 is 23.6 Å². The number of nitrogens with zero attached hydrogens (tertiary/aromatic N) is 1. The second kappa shape index (κ2) is 7.74. The number of nitrogens with one attached hydrogen (secondary N) is 1. The minimum atomic E-state index is -0.575. The van der Waals surface area contributed by atoms with Crippen molar-refractivity contribution in [3.63, 3.8) is 0 Å². The van der Waals surface area contributed by atoms with E-state index in [9.17, 15) is 14.0 Å². The smallest absolute Gasteiger partial charge is 0.255 e. The predicted molar refractivity (Wildman–Crippen MR) is 93.6 cm³/mol. The minimum absolute atomic E-state index is 0.171. The molecule has 3 rings (SSSR count). The van der Waals surface area contributed by atoms with Gasteiger partial charge in [0.15, 0.2) is 0 Å². The van der Waals surface area contributed by atoms with E-state index in [1.165, 1.54) is 36.0 Å². The zero-order chi connectivity index (χ0) is 17.8. The summed E-state index contributed by atoms with van der Waals surface area (Å²) in [6.45, 7) is 2.54.